The van der Waals surface area contributed by atoms with Crippen molar-refractivity contribution >= 4 is 163 Å². The van der Waals surface area contributed by atoms with Crippen LogP contribution in [0.4, 0.5) is 0 Å². The monoisotopic (exact) mass is 840 g/mol. The third-order valence-corrected chi connectivity index (χ3v) is 14.7. The second kappa shape index (κ2) is 12.4. The molecule has 9 aromatic carbocycles. The fourth-order valence-electron chi connectivity index (χ4n) is 11.9. The van der Waals surface area contributed by atoms with Crippen LogP contribution in [0.5, 0.6) is 0 Å². The molecule has 0 spiro atoms. The minimum atomic E-state index is 1.06. The summed E-state index contributed by atoms with van der Waals surface area (Å²) in [6, 6.07) is 66.5. The van der Waals surface area contributed by atoms with Gasteiger partial charge in [0.05, 0.1) is 33.1 Å². The minimum Gasteiger partial charge on any atom is -0.355 e. The minimum absolute atomic E-state index is 1.06. The molecule has 0 aliphatic carbocycles. The first-order valence-electron chi connectivity index (χ1n) is 22.7. The van der Waals surface area contributed by atoms with Gasteiger partial charge in [-0.2, -0.15) is 0 Å². The molecule has 0 radical (unpaired) electrons. The van der Waals surface area contributed by atoms with E-state index in [9.17, 15) is 0 Å². The van der Waals surface area contributed by atoms with E-state index in [4.69, 9.17) is 0 Å². The normalized spacial score (nSPS) is 12.5. The zero-order valence-electron chi connectivity index (χ0n) is 35.3. The van der Waals surface area contributed by atoms with Crippen LogP contribution in [0, 0.1) is 0 Å². The van der Waals surface area contributed by atoms with Crippen LogP contribution in [0.2, 0.25) is 0 Å². The SMILES string of the molecule is c1ccc2c3ccc([nH]3)c3ccccc3c3cc4c([nH]3)c3ccccc3c3[nH]c5c6ccccc6c6[nH]c7c8ccccc8c8[nH]c(cc8c7c6c5c43)c3ccccc3c3ccc([nH]3)c2c1. The highest BCUT2D eigenvalue weighted by Gasteiger charge is 2.24. The highest BCUT2D eigenvalue weighted by molar-refractivity contribution is 6.46. The van der Waals surface area contributed by atoms with Gasteiger partial charge in [0, 0.05) is 130 Å². The van der Waals surface area contributed by atoms with E-state index in [0.717, 1.165) is 98.5 Å². The van der Waals surface area contributed by atoms with Crippen molar-refractivity contribution in [1.29, 1.82) is 0 Å². The van der Waals surface area contributed by atoms with Crippen LogP contribution >= 0.6 is 0 Å². The predicted molar refractivity (Wildman–Crippen MR) is 282 cm³/mol. The van der Waals surface area contributed by atoms with Crippen molar-refractivity contribution in [1.82, 2.24) is 29.9 Å². The lowest BCUT2D eigenvalue weighted by Crippen LogP contribution is -1.81. The molecule has 6 N–H and O–H groups in total. The van der Waals surface area contributed by atoms with Gasteiger partial charge in [-0.25, -0.2) is 0 Å². The molecular weight excluding hydrogens is 805 g/mol. The zero-order valence-corrected chi connectivity index (χ0v) is 35.3. The Balaban J connectivity index is 1.23. The van der Waals surface area contributed by atoms with E-state index >= 15 is 0 Å². The maximum absolute atomic E-state index is 4.11. The van der Waals surface area contributed by atoms with Crippen LogP contribution in [0.25, 0.3) is 163 Å². The molecule has 0 atom stereocenters. The topological polar surface area (TPSA) is 94.7 Å². The number of benzene rings is 9. The van der Waals surface area contributed by atoms with Crippen molar-refractivity contribution in [2.75, 3.05) is 0 Å². The summed E-state index contributed by atoms with van der Waals surface area (Å²) in [6.45, 7) is 0. The highest BCUT2D eigenvalue weighted by Crippen LogP contribution is 2.50. The quantitative estimate of drug-likeness (QED) is 0.0878. The van der Waals surface area contributed by atoms with Gasteiger partial charge in [-0.1, -0.05) is 146 Å². The third-order valence-electron chi connectivity index (χ3n) is 14.7. The fourth-order valence-corrected chi connectivity index (χ4v) is 11.9. The van der Waals surface area contributed by atoms with Crippen LogP contribution < -0.4 is 0 Å². The Labute approximate surface area is 373 Å². The van der Waals surface area contributed by atoms with Crippen molar-refractivity contribution in [2.24, 2.45) is 0 Å². The molecule has 0 saturated heterocycles. The van der Waals surface area contributed by atoms with Gasteiger partial charge in [-0.3, -0.25) is 0 Å². The maximum atomic E-state index is 4.11. The molecule has 6 nitrogen and oxygen atoms in total. The second-order valence-electron chi connectivity index (χ2n) is 18.0. The Bertz CT molecular complexity index is 4630. The second-order valence-corrected chi connectivity index (χ2v) is 18.0. The molecule has 16 aromatic rings. The van der Waals surface area contributed by atoms with E-state index in [0.29, 0.717) is 0 Å². The molecule has 0 fully saturated rings. The van der Waals surface area contributed by atoms with Crippen molar-refractivity contribution in [3.63, 3.8) is 0 Å². The lowest BCUT2D eigenvalue weighted by Gasteiger charge is -2.06. The van der Waals surface area contributed by atoms with E-state index < -0.39 is 0 Å². The van der Waals surface area contributed by atoms with Crippen LogP contribution in [0.3, 0.4) is 0 Å². The third kappa shape index (κ3) is 4.40. The van der Waals surface area contributed by atoms with Crippen LogP contribution in [-0.2, 0) is 0 Å². The number of fused-ring (bicyclic) bond motifs is 24. The summed E-state index contributed by atoms with van der Waals surface area (Å²) in [7, 11) is 0. The molecule has 16 rings (SSSR count). The largest absolute Gasteiger partial charge is 0.355 e. The molecule has 0 amide bonds. The van der Waals surface area contributed by atoms with Crippen molar-refractivity contribution in [3.8, 4) is 0 Å². The maximum Gasteiger partial charge on any atom is 0.0552 e. The Morgan fingerprint density at radius 3 is 0.712 bits per heavy atom. The summed E-state index contributed by atoms with van der Waals surface area (Å²) in [6.07, 6.45) is 0. The molecular formula is C60H36N6. The Morgan fingerprint density at radius 2 is 0.409 bits per heavy atom. The number of aromatic amines is 6. The first-order valence-corrected chi connectivity index (χ1v) is 22.7. The Hall–Kier alpha value is -9.00. The molecule has 6 heteroatoms. The van der Waals surface area contributed by atoms with Gasteiger partial charge in [-0.05, 0) is 36.4 Å². The van der Waals surface area contributed by atoms with E-state index in [2.05, 4.69) is 212 Å². The molecule has 0 aliphatic heterocycles. The number of hydrogen-bond donors (Lipinski definition) is 6. The van der Waals surface area contributed by atoms with Gasteiger partial charge in [-0.15, -0.1) is 0 Å². The number of H-pyrrole nitrogens is 6. The smallest absolute Gasteiger partial charge is 0.0552 e. The fraction of sp³-hybridized carbons (Fsp3) is 0. The average Bonchev–Trinajstić information content (AvgIpc) is 4.24. The van der Waals surface area contributed by atoms with Gasteiger partial charge in [0.2, 0.25) is 0 Å². The molecule has 306 valence electrons. The van der Waals surface area contributed by atoms with Gasteiger partial charge in [0.15, 0.2) is 0 Å². The summed E-state index contributed by atoms with van der Waals surface area (Å²) in [5.41, 5.74) is 13.2. The molecule has 0 unspecified atom stereocenters. The lowest BCUT2D eigenvalue weighted by atomic mass is 9.94. The molecule has 7 heterocycles. The van der Waals surface area contributed by atoms with Gasteiger partial charge < -0.3 is 29.9 Å². The van der Waals surface area contributed by atoms with Crippen LogP contribution in [0.1, 0.15) is 0 Å². The molecule has 7 aromatic heterocycles. The predicted octanol–water partition coefficient (Wildman–Crippen LogP) is 16.6. The lowest BCUT2D eigenvalue weighted by molar-refractivity contribution is 1.56. The van der Waals surface area contributed by atoms with Gasteiger partial charge in [0.1, 0.15) is 0 Å². The molecule has 8 bridgehead atoms. The standard InChI is InChI=1S/C60H36N6/c1-2-14-32-31(13-1)45-25-27-47(61-45)33-15-3-5-17-35(33)49-29-43-51-53-54-52-44-30-50(36-18-6-4-16-34(36)48-28-26-46(32)62-48)64-56(44)38-20-8-10-22-40(38)58(52)66-60(54)42-24-12-11-23-41(42)59(53)65-57(51)39-21-9-7-19-37(39)55(43)63-49/h1-30,61-66H. The first kappa shape index (κ1) is 34.5. The summed E-state index contributed by atoms with van der Waals surface area (Å²) < 4.78 is 0. The average molecular weight is 841 g/mol. The van der Waals surface area contributed by atoms with E-state index in [-0.39, 0.29) is 0 Å². The van der Waals surface area contributed by atoms with Gasteiger partial charge >= 0.3 is 0 Å². The van der Waals surface area contributed by atoms with E-state index in [1.54, 1.807) is 0 Å². The number of aromatic nitrogens is 6. The van der Waals surface area contributed by atoms with E-state index in [1.165, 1.54) is 64.6 Å². The summed E-state index contributed by atoms with van der Waals surface area (Å²) >= 11 is 0. The Morgan fingerprint density at radius 1 is 0.167 bits per heavy atom. The molecule has 66 heavy (non-hydrogen) atoms. The molecule has 0 saturated carbocycles. The highest BCUT2D eigenvalue weighted by atomic mass is 14.8. The van der Waals surface area contributed by atoms with Crippen molar-refractivity contribution in [2.45, 2.75) is 0 Å². The number of rotatable bonds is 0. The van der Waals surface area contributed by atoms with Crippen LogP contribution in [0.15, 0.2) is 182 Å². The number of nitrogens with one attached hydrogen (secondary N) is 6. The summed E-state index contributed by atoms with van der Waals surface area (Å²) in [4.78, 5) is 24.0. The van der Waals surface area contributed by atoms with E-state index in [1.807, 2.05) is 0 Å². The van der Waals surface area contributed by atoms with Crippen LogP contribution in [-0.4, -0.2) is 29.9 Å². The number of hydrogen-bond acceptors (Lipinski definition) is 0. The van der Waals surface area contributed by atoms with Crippen molar-refractivity contribution in [3.05, 3.63) is 182 Å². The zero-order chi connectivity index (χ0) is 42.8. The molecule has 0 aliphatic rings. The Kier molecular flexibility index (Phi) is 6.47. The van der Waals surface area contributed by atoms with Gasteiger partial charge in [0.25, 0.3) is 0 Å². The summed E-state index contributed by atoms with van der Waals surface area (Å²) in [5.74, 6) is 0. The first-order chi connectivity index (χ1) is 32.7. The summed E-state index contributed by atoms with van der Waals surface area (Å²) in [5, 5.41) is 21.3. The van der Waals surface area contributed by atoms with Crippen molar-refractivity contribution < 1.29 is 0 Å².